The highest BCUT2D eigenvalue weighted by atomic mass is 35.5. The molecule has 0 aliphatic rings. The van der Waals surface area contributed by atoms with Crippen LogP contribution < -0.4 is 5.32 Å². The summed E-state index contributed by atoms with van der Waals surface area (Å²) in [5.41, 5.74) is 1.22. The van der Waals surface area contributed by atoms with Crippen LogP contribution in [0.15, 0.2) is 18.2 Å². The van der Waals surface area contributed by atoms with Crippen molar-refractivity contribution in [1.29, 1.82) is 0 Å². The van der Waals surface area contributed by atoms with Crippen molar-refractivity contribution in [3.05, 3.63) is 28.8 Å². The monoisotopic (exact) mass is 255 g/mol. The van der Waals surface area contributed by atoms with Gasteiger partial charge in [-0.2, -0.15) is 0 Å². The number of methoxy groups -OCH3 is 1. The molecule has 0 aliphatic heterocycles. The van der Waals surface area contributed by atoms with E-state index < -0.39 is 0 Å². The van der Waals surface area contributed by atoms with Crippen molar-refractivity contribution in [3.8, 4) is 0 Å². The molecule has 1 unspecified atom stereocenters. The summed E-state index contributed by atoms with van der Waals surface area (Å²) in [6, 6.07) is 5.43. The SMILES string of the molecule is COC(=O)c1cc(Cl)ccc1NC(C)C(C)C. The summed E-state index contributed by atoms with van der Waals surface area (Å²) >= 11 is 5.88. The smallest absolute Gasteiger partial charge is 0.340 e. The van der Waals surface area contributed by atoms with Crippen molar-refractivity contribution in [3.63, 3.8) is 0 Å². The van der Waals surface area contributed by atoms with Crippen molar-refractivity contribution in [2.24, 2.45) is 5.92 Å². The first-order valence-corrected chi connectivity index (χ1v) is 5.98. The van der Waals surface area contributed by atoms with Crippen LogP contribution in [0, 0.1) is 5.92 Å². The lowest BCUT2D eigenvalue weighted by Gasteiger charge is -2.20. The topological polar surface area (TPSA) is 38.3 Å². The third-order valence-electron chi connectivity index (χ3n) is 2.77. The Balaban J connectivity index is 3.02. The van der Waals surface area contributed by atoms with Gasteiger partial charge < -0.3 is 10.1 Å². The highest BCUT2D eigenvalue weighted by Gasteiger charge is 2.15. The molecule has 1 atom stereocenters. The summed E-state index contributed by atoms with van der Waals surface area (Å²) in [5.74, 6) is 0.0853. The molecule has 1 aromatic rings. The zero-order valence-corrected chi connectivity index (χ0v) is 11.3. The van der Waals surface area contributed by atoms with Crippen LogP contribution in [0.3, 0.4) is 0 Å². The molecule has 1 N–H and O–H groups in total. The standard InChI is InChI=1S/C13H18ClNO2/c1-8(2)9(3)15-12-6-5-10(14)7-11(12)13(16)17-4/h5-9,15H,1-4H3. The third kappa shape index (κ3) is 3.63. The van der Waals surface area contributed by atoms with Gasteiger partial charge in [-0.25, -0.2) is 4.79 Å². The molecule has 0 amide bonds. The molecule has 0 radical (unpaired) electrons. The van der Waals surface area contributed by atoms with Crippen LogP contribution in [0.5, 0.6) is 0 Å². The molecule has 0 heterocycles. The van der Waals surface area contributed by atoms with Crippen LogP contribution in [-0.2, 0) is 4.74 Å². The Morgan fingerprint density at radius 2 is 2.00 bits per heavy atom. The summed E-state index contributed by atoms with van der Waals surface area (Å²) < 4.78 is 4.74. The van der Waals surface area contributed by atoms with E-state index in [0.717, 1.165) is 5.69 Å². The zero-order valence-electron chi connectivity index (χ0n) is 10.6. The van der Waals surface area contributed by atoms with Crippen LogP contribution in [0.25, 0.3) is 0 Å². The number of esters is 1. The van der Waals surface area contributed by atoms with Crippen molar-refractivity contribution < 1.29 is 9.53 Å². The molecule has 0 saturated heterocycles. The first kappa shape index (κ1) is 13.8. The molecule has 3 nitrogen and oxygen atoms in total. The Morgan fingerprint density at radius 3 is 2.53 bits per heavy atom. The van der Waals surface area contributed by atoms with Crippen LogP contribution in [0.1, 0.15) is 31.1 Å². The number of anilines is 1. The lowest BCUT2D eigenvalue weighted by atomic mass is 10.1. The molecule has 1 rings (SSSR count). The number of nitrogens with one attached hydrogen (secondary N) is 1. The van der Waals surface area contributed by atoms with Crippen LogP contribution in [0.2, 0.25) is 5.02 Å². The van der Waals surface area contributed by atoms with Gasteiger partial charge in [-0.15, -0.1) is 0 Å². The van der Waals surface area contributed by atoms with E-state index >= 15 is 0 Å². The minimum absolute atomic E-state index is 0.264. The van der Waals surface area contributed by atoms with E-state index in [-0.39, 0.29) is 12.0 Å². The van der Waals surface area contributed by atoms with E-state index in [1.807, 2.05) is 0 Å². The third-order valence-corrected chi connectivity index (χ3v) is 3.01. The number of ether oxygens (including phenoxy) is 1. The van der Waals surface area contributed by atoms with Gasteiger partial charge in [0.1, 0.15) is 0 Å². The maximum atomic E-state index is 11.6. The van der Waals surface area contributed by atoms with Gasteiger partial charge >= 0.3 is 5.97 Å². The number of rotatable bonds is 4. The molecule has 0 aliphatic carbocycles. The number of halogens is 1. The molecule has 0 fully saturated rings. The molecule has 1 aromatic carbocycles. The van der Waals surface area contributed by atoms with Gasteiger partial charge in [0.2, 0.25) is 0 Å². The van der Waals surface area contributed by atoms with E-state index in [1.165, 1.54) is 7.11 Å². The minimum Gasteiger partial charge on any atom is -0.465 e. The molecule has 17 heavy (non-hydrogen) atoms. The van der Waals surface area contributed by atoms with Gasteiger partial charge in [0.25, 0.3) is 0 Å². The molecule has 0 aromatic heterocycles. The minimum atomic E-state index is -0.383. The van der Waals surface area contributed by atoms with Crippen molar-refractivity contribution in [2.75, 3.05) is 12.4 Å². The summed E-state index contributed by atoms with van der Waals surface area (Å²) in [5, 5.41) is 3.81. The fourth-order valence-electron chi connectivity index (χ4n) is 1.33. The summed E-state index contributed by atoms with van der Waals surface area (Å²) in [6.07, 6.45) is 0. The van der Waals surface area contributed by atoms with Gasteiger partial charge in [0, 0.05) is 16.8 Å². The number of hydrogen-bond acceptors (Lipinski definition) is 3. The number of carbonyl (C=O) groups excluding carboxylic acids is 1. The van der Waals surface area contributed by atoms with E-state index in [4.69, 9.17) is 16.3 Å². The van der Waals surface area contributed by atoms with Gasteiger partial charge in [-0.1, -0.05) is 25.4 Å². The maximum Gasteiger partial charge on any atom is 0.340 e. The second-order valence-corrected chi connectivity index (χ2v) is 4.79. The quantitative estimate of drug-likeness (QED) is 0.836. The normalized spacial score (nSPS) is 12.4. The largest absolute Gasteiger partial charge is 0.465 e. The first-order valence-electron chi connectivity index (χ1n) is 5.60. The van der Waals surface area contributed by atoms with Crippen molar-refractivity contribution in [2.45, 2.75) is 26.8 Å². The summed E-state index contributed by atoms with van der Waals surface area (Å²) in [7, 11) is 1.36. The Hall–Kier alpha value is -1.22. The first-order chi connectivity index (χ1) is 7.95. The summed E-state index contributed by atoms with van der Waals surface area (Å²) in [4.78, 5) is 11.6. The second kappa shape index (κ2) is 5.92. The fraction of sp³-hybridized carbons (Fsp3) is 0.462. The molecule has 4 heteroatoms. The Bertz CT molecular complexity index is 404. The molecule has 0 spiro atoms. The lowest BCUT2D eigenvalue weighted by Crippen LogP contribution is -2.23. The van der Waals surface area contributed by atoms with Gasteiger partial charge in [0.05, 0.1) is 12.7 Å². The van der Waals surface area contributed by atoms with E-state index in [1.54, 1.807) is 18.2 Å². The van der Waals surface area contributed by atoms with Gasteiger partial charge in [0.15, 0.2) is 0 Å². The average molecular weight is 256 g/mol. The van der Waals surface area contributed by atoms with Gasteiger partial charge in [-0.05, 0) is 31.0 Å². The van der Waals surface area contributed by atoms with E-state index in [9.17, 15) is 4.79 Å². The number of hydrogen-bond donors (Lipinski definition) is 1. The highest BCUT2D eigenvalue weighted by Crippen LogP contribution is 2.23. The van der Waals surface area contributed by atoms with Crippen molar-refractivity contribution in [1.82, 2.24) is 0 Å². The fourth-order valence-corrected chi connectivity index (χ4v) is 1.51. The van der Waals surface area contributed by atoms with Gasteiger partial charge in [-0.3, -0.25) is 0 Å². The second-order valence-electron chi connectivity index (χ2n) is 4.36. The van der Waals surface area contributed by atoms with Crippen LogP contribution in [0.4, 0.5) is 5.69 Å². The number of carbonyl (C=O) groups is 1. The van der Waals surface area contributed by atoms with Crippen molar-refractivity contribution >= 4 is 23.3 Å². The Morgan fingerprint density at radius 1 is 1.35 bits per heavy atom. The maximum absolute atomic E-state index is 11.6. The predicted octanol–water partition coefficient (Wildman–Crippen LogP) is 3.58. The number of benzene rings is 1. The Labute approximate surface area is 107 Å². The Kier molecular flexibility index (Phi) is 4.82. The predicted molar refractivity (Wildman–Crippen MR) is 70.7 cm³/mol. The van der Waals surface area contributed by atoms with Crippen LogP contribution in [-0.4, -0.2) is 19.1 Å². The van der Waals surface area contributed by atoms with Crippen LogP contribution >= 0.6 is 11.6 Å². The molecule has 0 saturated carbocycles. The molecular weight excluding hydrogens is 238 g/mol. The van der Waals surface area contributed by atoms with E-state index in [0.29, 0.717) is 16.5 Å². The summed E-state index contributed by atoms with van der Waals surface area (Å²) in [6.45, 7) is 6.30. The zero-order chi connectivity index (χ0) is 13.0. The molecular formula is C13H18ClNO2. The average Bonchev–Trinajstić information content (AvgIpc) is 2.30. The van der Waals surface area contributed by atoms with E-state index in [2.05, 4.69) is 26.1 Å². The highest BCUT2D eigenvalue weighted by molar-refractivity contribution is 6.31. The lowest BCUT2D eigenvalue weighted by molar-refractivity contribution is 0.0602. The molecule has 0 bridgehead atoms. The molecule has 94 valence electrons.